The van der Waals surface area contributed by atoms with Gasteiger partial charge in [0, 0.05) is 34.3 Å². The maximum atomic E-state index is 13.6. The van der Waals surface area contributed by atoms with E-state index in [0.717, 1.165) is 37.7 Å². The van der Waals surface area contributed by atoms with Crippen molar-refractivity contribution in [3.05, 3.63) is 72.3 Å². The van der Waals surface area contributed by atoms with E-state index >= 15 is 0 Å². The van der Waals surface area contributed by atoms with E-state index < -0.39 is 21.6 Å². The van der Waals surface area contributed by atoms with Gasteiger partial charge in [0.05, 0.1) is 4.90 Å². The monoisotopic (exact) mass is 535 g/mol. The molecule has 2 amide bonds. The van der Waals surface area contributed by atoms with E-state index in [9.17, 15) is 18.0 Å². The summed E-state index contributed by atoms with van der Waals surface area (Å²) >= 11 is 0. The van der Waals surface area contributed by atoms with Gasteiger partial charge in [-0.3, -0.25) is 9.59 Å². The van der Waals surface area contributed by atoms with E-state index in [4.69, 9.17) is 0 Å². The number of benzene rings is 3. The molecule has 0 heterocycles. The molecule has 8 heteroatoms. The zero-order chi connectivity index (χ0) is 27.3. The van der Waals surface area contributed by atoms with Crippen LogP contribution < -0.4 is 15.4 Å². The van der Waals surface area contributed by atoms with Crippen molar-refractivity contribution in [3.63, 3.8) is 0 Å². The summed E-state index contributed by atoms with van der Waals surface area (Å²) in [6, 6.07) is 19.0. The lowest BCUT2D eigenvalue weighted by Gasteiger charge is -2.25. The zero-order valence-corrected chi connectivity index (χ0v) is 23.1. The van der Waals surface area contributed by atoms with Crippen LogP contribution in [0.2, 0.25) is 0 Å². The van der Waals surface area contributed by atoms with Crippen molar-refractivity contribution in [2.24, 2.45) is 5.92 Å². The van der Waals surface area contributed by atoms with Gasteiger partial charge in [-0.2, -0.15) is 0 Å². The maximum absolute atomic E-state index is 13.6. The molecular formula is C30H37N3O4S. The van der Waals surface area contributed by atoms with Crippen molar-refractivity contribution < 1.29 is 18.0 Å². The molecule has 1 unspecified atom stereocenters. The molecule has 3 aromatic rings. The summed E-state index contributed by atoms with van der Waals surface area (Å²) in [7, 11) is -3.79. The van der Waals surface area contributed by atoms with Gasteiger partial charge >= 0.3 is 0 Å². The van der Waals surface area contributed by atoms with Crippen molar-refractivity contribution in [3.8, 4) is 0 Å². The summed E-state index contributed by atoms with van der Waals surface area (Å²) in [4.78, 5) is 26.8. The van der Waals surface area contributed by atoms with Crippen LogP contribution in [0.4, 0.5) is 5.69 Å². The van der Waals surface area contributed by atoms with Gasteiger partial charge in [0.2, 0.25) is 21.8 Å². The lowest BCUT2D eigenvalue weighted by atomic mass is 9.88. The Labute approximate surface area is 225 Å². The molecular weight excluding hydrogens is 498 g/mol. The molecule has 0 aromatic heterocycles. The van der Waals surface area contributed by atoms with E-state index in [1.807, 2.05) is 30.3 Å². The van der Waals surface area contributed by atoms with Crippen LogP contribution in [0.15, 0.2) is 71.6 Å². The van der Waals surface area contributed by atoms with Crippen molar-refractivity contribution in [1.82, 2.24) is 10.0 Å². The van der Waals surface area contributed by atoms with Gasteiger partial charge in [0.1, 0.15) is 6.04 Å². The number of hydrogen-bond acceptors (Lipinski definition) is 4. The molecule has 0 aliphatic heterocycles. The number of sulfonamides is 1. The first-order valence-corrected chi connectivity index (χ1v) is 14.7. The number of hydrogen-bond donors (Lipinski definition) is 3. The minimum atomic E-state index is -3.79. The number of carbonyl (C=O) groups is 2. The standard InChI is InChI=1S/C30H37N3O4S/c1-30(2,3)33-38(36,37)27-19-11-16-23-24(27)17-10-18-25(23)31-29(35)26(20-21-12-6-4-7-13-21)32-28(34)22-14-8-5-9-15-22/h4,6-7,10-13,16-19,22,26,33H,5,8-9,14-15,20H2,1-3H3,(H,31,35)(H,32,34). The van der Waals surface area contributed by atoms with E-state index in [0.29, 0.717) is 22.9 Å². The molecule has 0 saturated heterocycles. The molecule has 3 aromatic carbocycles. The summed E-state index contributed by atoms with van der Waals surface area (Å²) in [5.74, 6) is -0.498. The Kier molecular flexibility index (Phi) is 8.53. The third-order valence-corrected chi connectivity index (χ3v) is 8.58. The minimum Gasteiger partial charge on any atom is -0.344 e. The summed E-state index contributed by atoms with van der Waals surface area (Å²) < 4.78 is 29.0. The fourth-order valence-electron chi connectivity index (χ4n) is 5.02. The first-order chi connectivity index (χ1) is 18.0. The number of amides is 2. The second kappa shape index (κ2) is 11.7. The van der Waals surface area contributed by atoms with Crippen LogP contribution in [0.3, 0.4) is 0 Å². The van der Waals surface area contributed by atoms with Crippen molar-refractivity contribution in [2.45, 2.75) is 75.8 Å². The SMILES string of the molecule is CC(C)(C)NS(=O)(=O)c1cccc2c(NC(=O)C(Cc3ccccc3)NC(=O)C3CCCCC3)cccc12. The normalized spacial score (nSPS) is 15.7. The molecule has 7 nitrogen and oxygen atoms in total. The van der Waals surface area contributed by atoms with Gasteiger partial charge in [-0.15, -0.1) is 0 Å². The average molecular weight is 536 g/mol. The zero-order valence-electron chi connectivity index (χ0n) is 22.3. The van der Waals surface area contributed by atoms with E-state index in [1.165, 1.54) is 0 Å². The van der Waals surface area contributed by atoms with Gasteiger partial charge < -0.3 is 10.6 Å². The molecule has 1 saturated carbocycles. The number of carbonyl (C=O) groups excluding carboxylic acids is 2. The Morgan fingerprint density at radius 3 is 2.21 bits per heavy atom. The Morgan fingerprint density at radius 1 is 0.868 bits per heavy atom. The molecule has 38 heavy (non-hydrogen) atoms. The van der Waals surface area contributed by atoms with Crippen LogP contribution in [0.5, 0.6) is 0 Å². The van der Waals surface area contributed by atoms with Crippen LogP contribution >= 0.6 is 0 Å². The Morgan fingerprint density at radius 2 is 1.53 bits per heavy atom. The van der Waals surface area contributed by atoms with Gasteiger partial charge in [-0.05, 0) is 51.3 Å². The predicted octanol–water partition coefficient (Wildman–Crippen LogP) is 5.16. The van der Waals surface area contributed by atoms with E-state index in [2.05, 4.69) is 15.4 Å². The molecule has 1 fully saturated rings. The highest BCUT2D eigenvalue weighted by Gasteiger charge is 2.28. The Hall–Kier alpha value is -3.23. The fraction of sp³-hybridized carbons (Fsp3) is 0.400. The highest BCUT2D eigenvalue weighted by atomic mass is 32.2. The summed E-state index contributed by atoms with van der Waals surface area (Å²) in [5.41, 5.74) is 0.787. The van der Waals surface area contributed by atoms with Gasteiger partial charge in [0.25, 0.3) is 0 Å². The number of rotatable bonds is 8. The quantitative estimate of drug-likeness (QED) is 0.370. The van der Waals surface area contributed by atoms with Crippen LogP contribution in [0.1, 0.15) is 58.4 Å². The molecule has 202 valence electrons. The summed E-state index contributed by atoms with van der Waals surface area (Å²) in [5, 5.41) is 7.09. The lowest BCUT2D eigenvalue weighted by Crippen LogP contribution is -2.47. The predicted molar refractivity (Wildman–Crippen MR) is 151 cm³/mol. The molecule has 3 N–H and O–H groups in total. The third kappa shape index (κ3) is 6.99. The number of fused-ring (bicyclic) bond motifs is 1. The topological polar surface area (TPSA) is 104 Å². The molecule has 0 spiro atoms. The van der Waals surface area contributed by atoms with Crippen LogP contribution in [-0.4, -0.2) is 31.8 Å². The highest BCUT2D eigenvalue weighted by molar-refractivity contribution is 7.89. The molecule has 1 aliphatic carbocycles. The second-order valence-corrected chi connectivity index (χ2v) is 12.7. The largest absolute Gasteiger partial charge is 0.344 e. The third-order valence-electron chi connectivity index (χ3n) is 6.76. The molecule has 0 radical (unpaired) electrons. The lowest BCUT2D eigenvalue weighted by molar-refractivity contribution is -0.130. The molecule has 1 aliphatic rings. The first-order valence-electron chi connectivity index (χ1n) is 13.2. The number of nitrogens with one attached hydrogen (secondary N) is 3. The smallest absolute Gasteiger partial charge is 0.247 e. The highest BCUT2D eigenvalue weighted by Crippen LogP contribution is 2.30. The van der Waals surface area contributed by atoms with Crippen molar-refractivity contribution in [1.29, 1.82) is 0 Å². The van der Waals surface area contributed by atoms with Crippen molar-refractivity contribution >= 4 is 38.3 Å². The first kappa shape index (κ1) is 27.8. The van der Waals surface area contributed by atoms with Gasteiger partial charge in [0.15, 0.2) is 0 Å². The Bertz CT molecular complexity index is 1390. The maximum Gasteiger partial charge on any atom is 0.247 e. The van der Waals surface area contributed by atoms with E-state index in [1.54, 1.807) is 57.2 Å². The minimum absolute atomic E-state index is 0.0736. The molecule has 0 bridgehead atoms. The van der Waals surface area contributed by atoms with Crippen LogP contribution in [-0.2, 0) is 26.0 Å². The summed E-state index contributed by atoms with van der Waals surface area (Å²) in [6.07, 6.45) is 5.23. The van der Waals surface area contributed by atoms with Crippen LogP contribution in [0, 0.1) is 5.92 Å². The summed E-state index contributed by atoms with van der Waals surface area (Å²) in [6.45, 7) is 5.36. The molecule has 4 rings (SSSR count). The van der Waals surface area contributed by atoms with Gasteiger partial charge in [-0.25, -0.2) is 13.1 Å². The number of anilines is 1. The van der Waals surface area contributed by atoms with Crippen LogP contribution in [0.25, 0.3) is 10.8 Å². The van der Waals surface area contributed by atoms with Gasteiger partial charge in [-0.1, -0.05) is 73.9 Å². The Balaban J connectivity index is 1.62. The fourth-order valence-corrected chi connectivity index (χ4v) is 6.66. The second-order valence-electron chi connectivity index (χ2n) is 11.1. The van der Waals surface area contributed by atoms with Crippen molar-refractivity contribution in [2.75, 3.05) is 5.32 Å². The van der Waals surface area contributed by atoms with E-state index in [-0.39, 0.29) is 22.6 Å². The average Bonchev–Trinajstić information content (AvgIpc) is 2.88. The molecule has 1 atom stereocenters.